The number of furan rings is 1. The summed E-state index contributed by atoms with van der Waals surface area (Å²) in [6, 6.07) is 3.38. The van der Waals surface area contributed by atoms with Crippen LogP contribution in [0.3, 0.4) is 0 Å². The summed E-state index contributed by atoms with van der Waals surface area (Å²) in [5.74, 6) is 1.09. The van der Waals surface area contributed by atoms with Crippen LogP contribution in [0.25, 0.3) is 0 Å². The van der Waals surface area contributed by atoms with Crippen molar-refractivity contribution in [2.75, 3.05) is 20.3 Å². The van der Waals surface area contributed by atoms with Gasteiger partial charge in [-0.15, -0.1) is 0 Å². The number of likely N-dealkylation sites (N-methyl/N-ethyl adjacent to an activating group) is 1. The molecule has 0 aromatic carbocycles. The molecule has 3 rings (SSSR count). The smallest absolute Gasteiger partial charge is 0.122 e. The Bertz CT molecular complexity index is 381. The fraction of sp³-hybridized carbons (Fsp3) is 0.714. The van der Waals surface area contributed by atoms with Crippen LogP contribution in [0.15, 0.2) is 16.7 Å². The molecule has 1 saturated carbocycles. The lowest BCUT2D eigenvalue weighted by molar-refractivity contribution is 0.156. The molecule has 1 aliphatic carbocycles. The van der Waals surface area contributed by atoms with Crippen LogP contribution in [0.4, 0.5) is 0 Å². The van der Waals surface area contributed by atoms with E-state index in [9.17, 15) is 0 Å². The summed E-state index contributed by atoms with van der Waals surface area (Å²) < 4.78 is 11.0. The van der Waals surface area contributed by atoms with Crippen LogP contribution in [0.2, 0.25) is 0 Å². The summed E-state index contributed by atoms with van der Waals surface area (Å²) in [6.45, 7) is 3.58. The molecule has 0 amide bonds. The average Bonchev–Trinajstić information content (AvgIpc) is 2.88. The van der Waals surface area contributed by atoms with E-state index in [1.807, 2.05) is 0 Å². The van der Waals surface area contributed by atoms with Gasteiger partial charge in [0, 0.05) is 30.8 Å². The van der Waals surface area contributed by atoms with Crippen molar-refractivity contribution < 1.29 is 9.15 Å². The van der Waals surface area contributed by atoms with Gasteiger partial charge in [-0.05, 0) is 32.4 Å². The van der Waals surface area contributed by atoms with Gasteiger partial charge in [0.25, 0.3) is 0 Å². The van der Waals surface area contributed by atoms with Gasteiger partial charge in [0.15, 0.2) is 0 Å². The van der Waals surface area contributed by atoms with Crippen molar-refractivity contribution in [3.05, 3.63) is 23.7 Å². The van der Waals surface area contributed by atoms with Crippen molar-refractivity contribution in [3.63, 3.8) is 0 Å². The zero-order valence-electron chi connectivity index (χ0n) is 11.0. The molecule has 2 heterocycles. The van der Waals surface area contributed by atoms with Gasteiger partial charge in [-0.25, -0.2) is 0 Å². The van der Waals surface area contributed by atoms with Crippen LogP contribution in [-0.4, -0.2) is 37.2 Å². The van der Waals surface area contributed by atoms with E-state index in [0.29, 0.717) is 6.04 Å². The van der Waals surface area contributed by atoms with Gasteiger partial charge in [-0.1, -0.05) is 0 Å². The second-order valence-corrected chi connectivity index (χ2v) is 5.46. The van der Waals surface area contributed by atoms with Gasteiger partial charge in [0.05, 0.1) is 19.4 Å². The second-order valence-electron chi connectivity index (χ2n) is 5.46. The van der Waals surface area contributed by atoms with Crippen molar-refractivity contribution in [3.8, 4) is 0 Å². The lowest BCUT2D eigenvalue weighted by Crippen LogP contribution is -2.31. The highest BCUT2D eigenvalue weighted by molar-refractivity contribution is 5.17. The minimum atomic E-state index is 0.559. The Morgan fingerprint density at radius 2 is 2.28 bits per heavy atom. The molecule has 100 valence electrons. The highest BCUT2D eigenvalue weighted by atomic mass is 16.5. The third kappa shape index (κ3) is 2.94. The van der Waals surface area contributed by atoms with Gasteiger partial charge in [0.2, 0.25) is 0 Å². The third-order valence-corrected chi connectivity index (χ3v) is 3.92. The molecule has 2 aliphatic rings. The molecule has 2 fully saturated rings. The van der Waals surface area contributed by atoms with Crippen LogP contribution in [-0.2, 0) is 17.8 Å². The lowest BCUT2D eigenvalue weighted by Gasteiger charge is -2.22. The summed E-state index contributed by atoms with van der Waals surface area (Å²) in [5.41, 5.74) is 1.30. The van der Waals surface area contributed by atoms with Crippen LogP contribution in [0.5, 0.6) is 0 Å². The molecular weight excluding hydrogens is 228 g/mol. The number of nitrogens with zero attached hydrogens (tertiary/aromatic N) is 1. The Labute approximate surface area is 108 Å². The van der Waals surface area contributed by atoms with Crippen molar-refractivity contribution in [2.45, 2.75) is 44.4 Å². The van der Waals surface area contributed by atoms with E-state index in [2.05, 4.69) is 23.3 Å². The van der Waals surface area contributed by atoms with E-state index in [0.717, 1.165) is 44.5 Å². The molecule has 4 heteroatoms. The molecule has 1 N–H and O–H groups in total. The molecule has 1 aromatic heterocycles. The number of hydrogen-bond acceptors (Lipinski definition) is 4. The summed E-state index contributed by atoms with van der Waals surface area (Å²) in [5, 5.41) is 3.51. The summed E-state index contributed by atoms with van der Waals surface area (Å²) >= 11 is 0. The quantitative estimate of drug-likeness (QED) is 0.834. The maximum absolute atomic E-state index is 5.59. The summed E-state index contributed by atoms with van der Waals surface area (Å²) in [7, 11) is 2.17. The van der Waals surface area contributed by atoms with Gasteiger partial charge in [0.1, 0.15) is 5.76 Å². The number of hydrogen-bond donors (Lipinski definition) is 1. The molecule has 0 spiro atoms. The maximum Gasteiger partial charge on any atom is 0.122 e. The van der Waals surface area contributed by atoms with E-state index in [4.69, 9.17) is 9.15 Å². The van der Waals surface area contributed by atoms with E-state index >= 15 is 0 Å². The normalized spacial score (nSPS) is 24.0. The fourth-order valence-corrected chi connectivity index (χ4v) is 2.45. The first-order chi connectivity index (χ1) is 8.83. The van der Waals surface area contributed by atoms with E-state index in [1.165, 1.54) is 18.4 Å². The first-order valence-electron chi connectivity index (χ1n) is 6.89. The Hall–Kier alpha value is -0.840. The van der Waals surface area contributed by atoms with E-state index < -0.39 is 0 Å². The Morgan fingerprint density at radius 1 is 1.39 bits per heavy atom. The molecule has 1 aliphatic heterocycles. The highest BCUT2D eigenvalue weighted by Crippen LogP contribution is 2.21. The summed E-state index contributed by atoms with van der Waals surface area (Å²) in [4.78, 5) is 2.37. The zero-order chi connectivity index (χ0) is 12.4. The standard InChI is InChI=1S/C14H22N2O2/c1-16(13-5-6-17-10-13)9-11-4-7-18-14(11)8-15-12-2-3-12/h4,7,12-13,15H,2-3,5-6,8-10H2,1H3. The monoisotopic (exact) mass is 250 g/mol. The van der Waals surface area contributed by atoms with Gasteiger partial charge < -0.3 is 14.5 Å². The molecule has 1 atom stereocenters. The van der Waals surface area contributed by atoms with Crippen LogP contribution in [0, 0.1) is 0 Å². The molecule has 4 nitrogen and oxygen atoms in total. The minimum absolute atomic E-state index is 0.559. The summed E-state index contributed by atoms with van der Waals surface area (Å²) in [6.07, 6.45) is 5.58. The van der Waals surface area contributed by atoms with Gasteiger partial charge >= 0.3 is 0 Å². The van der Waals surface area contributed by atoms with E-state index in [1.54, 1.807) is 6.26 Å². The second kappa shape index (κ2) is 5.43. The van der Waals surface area contributed by atoms with Gasteiger partial charge in [-0.2, -0.15) is 0 Å². The number of ether oxygens (including phenoxy) is 1. The van der Waals surface area contributed by atoms with Crippen molar-refractivity contribution >= 4 is 0 Å². The Morgan fingerprint density at radius 3 is 3.00 bits per heavy atom. The fourth-order valence-electron chi connectivity index (χ4n) is 2.45. The molecule has 1 aromatic rings. The first kappa shape index (κ1) is 12.2. The van der Waals surface area contributed by atoms with Crippen LogP contribution >= 0.6 is 0 Å². The lowest BCUT2D eigenvalue weighted by atomic mass is 10.2. The Balaban J connectivity index is 1.55. The van der Waals surface area contributed by atoms with Crippen molar-refractivity contribution in [2.24, 2.45) is 0 Å². The molecule has 18 heavy (non-hydrogen) atoms. The largest absolute Gasteiger partial charge is 0.468 e. The van der Waals surface area contributed by atoms with Crippen molar-refractivity contribution in [1.29, 1.82) is 0 Å². The molecule has 0 radical (unpaired) electrons. The molecular formula is C14H22N2O2. The molecule has 0 bridgehead atoms. The predicted molar refractivity (Wildman–Crippen MR) is 69.3 cm³/mol. The maximum atomic E-state index is 5.59. The molecule has 1 unspecified atom stereocenters. The number of nitrogens with one attached hydrogen (secondary N) is 1. The minimum Gasteiger partial charge on any atom is -0.468 e. The SMILES string of the molecule is CN(Cc1ccoc1CNC1CC1)C1CCOC1. The average molecular weight is 250 g/mol. The number of rotatable bonds is 6. The van der Waals surface area contributed by atoms with Crippen LogP contribution in [0.1, 0.15) is 30.6 Å². The van der Waals surface area contributed by atoms with Crippen molar-refractivity contribution in [1.82, 2.24) is 10.2 Å². The van der Waals surface area contributed by atoms with Crippen LogP contribution < -0.4 is 5.32 Å². The first-order valence-corrected chi connectivity index (χ1v) is 6.89. The predicted octanol–water partition coefficient (Wildman–Crippen LogP) is 1.75. The van der Waals surface area contributed by atoms with E-state index in [-0.39, 0.29) is 0 Å². The highest BCUT2D eigenvalue weighted by Gasteiger charge is 2.23. The van der Waals surface area contributed by atoms with Gasteiger partial charge in [-0.3, -0.25) is 4.90 Å². The third-order valence-electron chi connectivity index (χ3n) is 3.92. The molecule has 1 saturated heterocycles. The Kier molecular flexibility index (Phi) is 3.68. The topological polar surface area (TPSA) is 37.6 Å². The zero-order valence-corrected chi connectivity index (χ0v) is 11.0.